The summed E-state index contributed by atoms with van der Waals surface area (Å²) in [4.78, 5) is 20.8. The zero-order valence-electron chi connectivity index (χ0n) is 17.6. The van der Waals surface area contributed by atoms with E-state index in [9.17, 15) is 4.79 Å². The lowest BCUT2D eigenvalue weighted by Crippen LogP contribution is -2.11. The second kappa shape index (κ2) is 10.1. The molecule has 3 rings (SSSR count). The third kappa shape index (κ3) is 7.50. The standard InChI is InChI=1S/C22H28N4O2S2/c1-22(2,3)11-17-12-24-19(28-17)14-29-20-13-25-21(30-20)26-18(27)6-4-5-15-7-9-16(23)10-8-15/h7-10,12-13H,4-6,11,14,23H2,1-3H3,(H,25,26,27). The Bertz CT molecular complexity index is 958. The van der Waals surface area contributed by atoms with E-state index in [-0.39, 0.29) is 11.3 Å². The van der Waals surface area contributed by atoms with Crippen molar-refractivity contribution in [2.75, 3.05) is 11.1 Å². The van der Waals surface area contributed by atoms with E-state index in [2.05, 4.69) is 36.1 Å². The molecule has 1 aromatic carbocycles. The fraction of sp³-hybridized carbons (Fsp3) is 0.409. The summed E-state index contributed by atoms with van der Waals surface area (Å²) < 4.78 is 6.83. The van der Waals surface area contributed by atoms with Crippen molar-refractivity contribution in [3.63, 3.8) is 0 Å². The number of nitrogens with one attached hydrogen (secondary N) is 1. The molecule has 0 atom stereocenters. The van der Waals surface area contributed by atoms with E-state index < -0.39 is 0 Å². The summed E-state index contributed by atoms with van der Waals surface area (Å²) in [5.74, 6) is 2.24. The van der Waals surface area contributed by atoms with Crippen LogP contribution in [0.5, 0.6) is 0 Å². The summed E-state index contributed by atoms with van der Waals surface area (Å²) in [5, 5.41) is 3.50. The average molecular weight is 445 g/mol. The fourth-order valence-corrected chi connectivity index (χ4v) is 4.60. The second-order valence-corrected chi connectivity index (χ2v) is 10.7. The van der Waals surface area contributed by atoms with Crippen molar-refractivity contribution in [1.29, 1.82) is 0 Å². The Morgan fingerprint density at radius 1 is 1.20 bits per heavy atom. The van der Waals surface area contributed by atoms with Gasteiger partial charge in [-0.25, -0.2) is 9.97 Å². The van der Waals surface area contributed by atoms with Gasteiger partial charge in [-0.2, -0.15) is 0 Å². The first kappa shape index (κ1) is 22.4. The van der Waals surface area contributed by atoms with Crippen molar-refractivity contribution >= 4 is 39.8 Å². The molecule has 30 heavy (non-hydrogen) atoms. The first-order valence-electron chi connectivity index (χ1n) is 9.93. The largest absolute Gasteiger partial charge is 0.445 e. The van der Waals surface area contributed by atoms with Gasteiger partial charge in [0.2, 0.25) is 11.8 Å². The lowest BCUT2D eigenvalue weighted by atomic mass is 9.91. The number of nitrogen functional groups attached to an aromatic ring is 1. The highest BCUT2D eigenvalue weighted by Gasteiger charge is 2.15. The zero-order valence-corrected chi connectivity index (χ0v) is 19.2. The number of rotatable bonds is 9. The number of aromatic nitrogens is 2. The molecule has 3 aromatic rings. The van der Waals surface area contributed by atoms with Gasteiger partial charge in [-0.05, 0) is 36.0 Å². The van der Waals surface area contributed by atoms with E-state index in [1.807, 2.05) is 30.5 Å². The SMILES string of the molecule is CC(C)(C)Cc1cnc(CSc2cnc(NC(=O)CCCc3ccc(N)cc3)s2)o1. The van der Waals surface area contributed by atoms with E-state index in [0.717, 1.165) is 34.9 Å². The summed E-state index contributed by atoms with van der Waals surface area (Å²) in [6.45, 7) is 6.53. The Hall–Kier alpha value is -2.32. The smallest absolute Gasteiger partial charge is 0.226 e. The Balaban J connectivity index is 1.40. The maximum absolute atomic E-state index is 12.2. The lowest BCUT2D eigenvalue weighted by Gasteiger charge is -2.15. The van der Waals surface area contributed by atoms with Gasteiger partial charge >= 0.3 is 0 Å². The number of aryl methyl sites for hydroxylation is 1. The number of thioether (sulfide) groups is 1. The van der Waals surface area contributed by atoms with Crippen molar-refractivity contribution in [3.05, 3.63) is 53.9 Å². The maximum Gasteiger partial charge on any atom is 0.226 e. The van der Waals surface area contributed by atoms with Crippen LogP contribution in [0, 0.1) is 5.41 Å². The van der Waals surface area contributed by atoms with Crippen LogP contribution in [-0.4, -0.2) is 15.9 Å². The molecular weight excluding hydrogens is 416 g/mol. The van der Waals surface area contributed by atoms with Gasteiger partial charge in [0.25, 0.3) is 0 Å². The second-order valence-electron chi connectivity index (χ2n) is 8.37. The summed E-state index contributed by atoms with van der Waals surface area (Å²) in [6, 6.07) is 7.76. The number of anilines is 2. The number of hydrogen-bond acceptors (Lipinski definition) is 7. The van der Waals surface area contributed by atoms with Crippen LogP contribution in [0.15, 0.2) is 45.3 Å². The Labute approximate surface area is 185 Å². The zero-order chi connectivity index (χ0) is 21.6. The van der Waals surface area contributed by atoms with Crippen LogP contribution in [0.1, 0.15) is 50.8 Å². The van der Waals surface area contributed by atoms with Gasteiger partial charge in [0.1, 0.15) is 5.76 Å². The van der Waals surface area contributed by atoms with Crippen molar-refractivity contribution in [2.45, 2.75) is 56.4 Å². The molecule has 0 aliphatic carbocycles. The van der Waals surface area contributed by atoms with Crippen LogP contribution in [0.2, 0.25) is 0 Å². The Morgan fingerprint density at radius 2 is 1.97 bits per heavy atom. The van der Waals surface area contributed by atoms with Gasteiger partial charge < -0.3 is 15.5 Å². The van der Waals surface area contributed by atoms with Gasteiger partial charge in [0.15, 0.2) is 5.13 Å². The molecule has 0 aliphatic heterocycles. The highest BCUT2D eigenvalue weighted by molar-refractivity contribution is 8.00. The van der Waals surface area contributed by atoms with Crippen LogP contribution in [0.3, 0.4) is 0 Å². The fourth-order valence-electron chi connectivity index (χ4n) is 2.86. The molecule has 6 nitrogen and oxygen atoms in total. The number of oxazole rings is 1. The van der Waals surface area contributed by atoms with Crippen LogP contribution in [0.4, 0.5) is 10.8 Å². The minimum Gasteiger partial charge on any atom is -0.445 e. The molecule has 0 bridgehead atoms. The average Bonchev–Trinajstić information content (AvgIpc) is 3.29. The summed E-state index contributed by atoms with van der Waals surface area (Å²) in [6.07, 6.45) is 6.53. The number of amides is 1. The van der Waals surface area contributed by atoms with Crippen LogP contribution in [-0.2, 0) is 23.4 Å². The van der Waals surface area contributed by atoms with E-state index in [1.54, 1.807) is 18.0 Å². The summed E-state index contributed by atoms with van der Waals surface area (Å²) in [5.41, 5.74) is 7.79. The van der Waals surface area contributed by atoms with Crippen molar-refractivity contribution in [2.24, 2.45) is 5.41 Å². The van der Waals surface area contributed by atoms with E-state index in [1.165, 1.54) is 16.9 Å². The molecule has 3 N–H and O–H groups in total. The highest BCUT2D eigenvalue weighted by atomic mass is 32.2. The molecule has 0 aliphatic rings. The van der Waals surface area contributed by atoms with Gasteiger partial charge in [0, 0.05) is 18.5 Å². The molecule has 0 spiro atoms. The first-order chi connectivity index (χ1) is 14.3. The third-order valence-corrected chi connectivity index (χ3v) is 6.32. The molecule has 0 fully saturated rings. The first-order valence-corrected chi connectivity index (χ1v) is 11.7. The normalized spacial score (nSPS) is 11.6. The number of thiazole rings is 1. The number of carbonyl (C=O) groups is 1. The summed E-state index contributed by atoms with van der Waals surface area (Å²) >= 11 is 3.07. The van der Waals surface area contributed by atoms with Crippen molar-refractivity contribution in [3.8, 4) is 0 Å². The van der Waals surface area contributed by atoms with Gasteiger partial charge in [0.05, 0.1) is 22.4 Å². The highest BCUT2D eigenvalue weighted by Crippen LogP contribution is 2.31. The molecule has 8 heteroatoms. The number of benzene rings is 1. The van der Waals surface area contributed by atoms with Crippen molar-refractivity contribution < 1.29 is 9.21 Å². The topological polar surface area (TPSA) is 94.0 Å². The monoisotopic (exact) mass is 444 g/mol. The molecule has 2 heterocycles. The van der Waals surface area contributed by atoms with Crippen molar-refractivity contribution in [1.82, 2.24) is 9.97 Å². The van der Waals surface area contributed by atoms with E-state index in [0.29, 0.717) is 23.2 Å². The number of nitrogens with two attached hydrogens (primary N) is 1. The number of carbonyl (C=O) groups excluding carboxylic acids is 1. The minimum absolute atomic E-state index is 0.0177. The summed E-state index contributed by atoms with van der Waals surface area (Å²) in [7, 11) is 0. The van der Waals surface area contributed by atoms with Crippen LogP contribution >= 0.6 is 23.1 Å². The van der Waals surface area contributed by atoms with E-state index >= 15 is 0 Å². The molecule has 0 radical (unpaired) electrons. The molecule has 0 saturated heterocycles. The van der Waals surface area contributed by atoms with Gasteiger partial charge in [-0.15, -0.1) is 11.8 Å². The lowest BCUT2D eigenvalue weighted by molar-refractivity contribution is -0.116. The maximum atomic E-state index is 12.2. The Kier molecular flexibility index (Phi) is 7.55. The molecule has 2 aromatic heterocycles. The minimum atomic E-state index is -0.0177. The molecule has 160 valence electrons. The number of hydrogen-bond donors (Lipinski definition) is 2. The molecular formula is C22H28N4O2S2. The predicted molar refractivity (Wildman–Crippen MR) is 124 cm³/mol. The quantitative estimate of drug-likeness (QED) is 0.332. The molecule has 0 unspecified atom stereocenters. The number of nitrogens with zero attached hydrogens (tertiary/aromatic N) is 2. The molecule has 0 saturated carbocycles. The van der Waals surface area contributed by atoms with Crippen LogP contribution in [0.25, 0.3) is 0 Å². The van der Waals surface area contributed by atoms with Gasteiger partial charge in [-0.1, -0.05) is 44.2 Å². The third-order valence-electron chi connectivity index (χ3n) is 4.22. The predicted octanol–water partition coefficient (Wildman–Crippen LogP) is 5.56. The van der Waals surface area contributed by atoms with Crippen LogP contribution < -0.4 is 11.1 Å². The van der Waals surface area contributed by atoms with E-state index in [4.69, 9.17) is 10.2 Å². The Morgan fingerprint density at radius 3 is 2.70 bits per heavy atom. The van der Waals surface area contributed by atoms with Gasteiger partial charge in [-0.3, -0.25) is 4.79 Å². The molecule has 1 amide bonds.